The van der Waals surface area contributed by atoms with E-state index in [1.165, 1.54) is 0 Å². The van der Waals surface area contributed by atoms with Gasteiger partial charge in [0.05, 0.1) is 6.26 Å². The Balaban J connectivity index is 1.96. The number of hydrogen-bond acceptors (Lipinski definition) is 5. The number of sulfonamides is 1. The molecule has 23 heavy (non-hydrogen) atoms. The van der Waals surface area contributed by atoms with E-state index in [4.69, 9.17) is 0 Å². The number of nitrogens with one attached hydrogen (secondary N) is 1. The number of nitrogens with zero attached hydrogens (tertiary/aromatic N) is 2. The molecule has 1 fully saturated rings. The van der Waals surface area contributed by atoms with Gasteiger partial charge in [0, 0.05) is 43.2 Å². The summed E-state index contributed by atoms with van der Waals surface area (Å²) in [7, 11) is -3.26. The van der Waals surface area contributed by atoms with Crippen molar-refractivity contribution in [3.8, 4) is 0 Å². The van der Waals surface area contributed by atoms with Gasteiger partial charge in [0.1, 0.15) is 0 Å². The Bertz CT molecular complexity index is 708. The molecule has 7 nitrogen and oxygen atoms in total. The molecule has 2 heterocycles. The number of aromatic nitrogens is 1. The lowest BCUT2D eigenvalue weighted by molar-refractivity contribution is -0.134. The van der Waals surface area contributed by atoms with Crippen LogP contribution in [0.3, 0.4) is 0 Å². The fraction of sp³-hybridized carbons (Fsp3) is 0.714. The molecule has 0 radical (unpaired) electrons. The van der Waals surface area contributed by atoms with Crippen molar-refractivity contribution >= 4 is 27.3 Å². The van der Waals surface area contributed by atoms with E-state index in [0.717, 1.165) is 42.5 Å². The third-order valence-electron chi connectivity index (χ3n) is 4.05. The Hall–Kier alpha value is -1.19. The molecule has 2 rings (SSSR count). The van der Waals surface area contributed by atoms with Crippen molar-refractivity contribution in [2.75, 3.05) is 19.3 Å². The number of piperidine rings is 1. The van der Waals surface area contributed by atoms with Gasteiger partial charge in [0.2, 0.25) is 15.9 Å². The predicted molar refractivity (Wildman–Crippen MR) is 90.1 cm³/mol. The Labute approximate surface area is 140 Å². The molecule has 1 aromatic rings. The fourth-order valence-electron chi connectivity index (χ4n) is 2.81. The van der Waals surface area contributed by atoms with Crippen LogP contribution in [-0.4, -0.2) is 49.2 Å². The standard InChI is InChI=1S/C14H23N3O4S2/c1-11-10-22-14(19)16(11)8-6-13(18)17-7-4-3-5-12(17)9-15-23(2,20)21/h10,12,15H,3-9H2,1-2H3. The highest BCUT2D eigenvalue weighted by Gasteiger charge is 2.27. The molecular weight excluding hydrogens is 338 g/mol. The van der Waals surface area contributed by atoms with Gasteiger partial charge in [-0.15, -0.1) is 0 Å². The maximum Gasteiger partial charge on any atom is 0.307 e. The summed E-state index contributed by atoms with van der Waals surface area (Å²) in [6, 6.07) is -0.105. The molecule has 1 aromatic heterocycles. The highest BCUT2D eigenvalue weighted by Crippen LogP contribution is 2.18. The number of likely N-dealkylation sites (tertiary alicyclic amines) is 1. The monoisotopic (exact) mass is 361 g/mol. The van der Waals surface area contributed by atoms with E-state index in [1.54, 1.807) is 14.8 Å². The highest BCUT2D eigenvalue weighted by molar-refractivity contribution is 7.88. The molecule has 1 saturated heterocycles. The number of thiazole rings is 1. The summed E-state index contributed by atoms with van der Waals surface area (Å²) in [4.78, 5) is 25.9. The molecule has 0 aliphatic carbocycles. The number of aryl methyl sites for hydroxylation is 1. The van der Waals surface area contributed by atoms with Crippen molar-refractivity contribution < 1.29 is 13.2 Å². The Morgan fingerprint density at radius 3 is 2.78 bits per heavy atom. The third-order valence-corrected chi connectivity index (χ3v) is 5.63. The van der Waals surface area contributed by atoms with Crippen LogP contribution in [0, 0.1) is 6.92 Å². The molecular formula is C14H23N3O4S2. The van der Waals surface area contributed by atoms with E-state index in [-0.39, 0.29) is 29.8 Å². The zero-order valence-corrected chi connectivity index (χ0v) is 15.1. The summed E-state index contributed by atoms with van der Waals surface area (Å²) in [6.07, 6.45) is 4.09. The average Bonchev–Trinajstić information content (AvgIpc) is 2.81. The predicted octanol–water partition coefficient (Wildman–Crippen LogP) is 0.539. The van der Waals surface area contributed by atoms with Crippen LogP contribution in [0.5, 0.6) is 0 Å². The van der Waals surface area contributed by atoms with Gasteiger partial charge in [-0.2, -0.15) is 0 Å². The summed E-state index contributed by atoms with van der Waals surface area (Å²) in [6.45, 7) is 3.12. The van der Waals surface area contributed by atoms with Crippen LogP contribution in [0.1, 0.15) is 31.4 Å². The van der Waals surface area contributed by atoms with E-state index < -0.39 is 10.0 Å². The molecule has 1 unspecified atom stereocenters. The first-order valence-electron chi connectivity index (χ1n) is 7.67. The normalized spacial score (nSPS) is 19.0. The topological polar surface area (TPSA) is 88.5 Å². The van der Waals surface area contributed by atoms with Crippen molar-refractivity contribution in [3.05, 3.63) is 20.7 Å². The lowest BCUT2D eigenvalue weighted by Crippen LogP contribution is -2.49. The van der Waals surface area contributed by atoms with E-state index in [2.05, 4.69) is 4.72 Å². The van der Waals surface area contributed by atoms with Crippen molar-refractivity contribution in [3.63, 3.8) is 0 Å². The van der Waals surface area contributed by atoms with Crippen LogP contribution in [0.4, 0.5) is 0 Å². The third kappa shape index (κ3) is 5.15. The van der Waals surface area contributed by atoms with Gasteiger partial charge < -0.3 is 9.47 Å². The zero-order valence-electron chi connectivity index (χ0n) is 13.4. The van der Waals surface area contributed by atoms with Crippen molar-refractivity contribution in [1.29, 1.82) is 0 Å². The van der Waals surface area contributed by atoms with Crippen LogP contribution in [0.2, 0.25) is 0 Å². The number of amides is 1. The van der Waals surface area contributed by atoms with Gasteiger partial charge in [0.25, 0.3) is 0 Å². The Morgan fingerprint density at radius 2 is 2.17 bits per heavy atom. The molecule has 1 atom stereocenters. The molecule has 0 saturated carbocycles. The first-order valence-corrected chi connectivity index (χ1v) is 10.4. The summed E-state index contributed by atoms with van der Waals surface area (Å²) >= 11 is 1.14. The highest BCUT2D eigenvalue weighted by atomic mass is 32.2. The Morgan fingerprint density at radius 1 is 1.43 bits per heavy atom. The Kier molecular flexibility index (Phi) is 5.99. The molecule has 1 aliphatic rings. The van der Waals surface area contributed by atoms with E-state index in [1.807, 2.05) is 6.92 Å². The molecule has 9 heteroatoms. The summed E-state index contributed by atoms with van der Waals surface area (Å²) in [5.41, 5.74) is 0.863. The largest absolute Gasteiger partial charge is 0.338 e. The van der Waals surface area contributed by atoms with Crippen LogP contribution in [0.15, 0.2) is 10.2 Å². The fourth-order valence-corrected chi connectivity index (χ4v) is 4.07. The SMILES string of the molecule is Cc1csc(=O)n1CCC(=O)N1CCCCC1CNS(C)(=O)=O. The summed E-state index contributed by atoms with van der Waals surface area (Å²) in [5, 5.41) is 1.78. The first-order chi connectivity index (χ1) is 10.8. The minimum atomic E-state index is -3.26. The van der Waals surface area contributed by atoms with E-state index in [9.17, 15) is 18.0 Å². The van der Waals surface area contributed by atoms with Gasteiger partial charge in [-0.05, 0) is 26.2 Å². The molecule has 1 amide bonds. The van der Waals surface area contributed by atoms with Gasteiger partial charge in [-0.3, -0.25) is 9.59 Å². The molecule has 1 aliphatic heterocycles. The second-order valence-corrected chi connectivity index (χ2v) is 8.56. The minimum Gasteiger partial charge on any atom is -0.338 e. The maximum absolute atomic E-state index is 12.5. The van der Waals surface area contributed by atoms with Crippen LogP contribution >= 0.6 is 11.3 Å². The average molecular weight is 361 g/mol. The van der Waals surface area contributed by atoms with Gasteiger partial charge in [-0.25, -0.2) is 13.1 Å². The molecule has 130 valence electrons. The smallest absolute Gasteiger partial charge is 0.307 e. The lowest BCUT2D eigenvalue weighted by Gasteiger charge is -2.36. The molecule has 0 aromatic carbocycles. The maximum atomic E-state index is 12.5. The molecule has 0 bridgehead atoms. The number of carbonyl (C=O) groups excluding carboxylic acids is 1. The van der Waals surface area contributed by atoms with E-state index in [0.29, 0.717) is 13.1 Å². The minimum absolute atomic E-state index is 0.0255. The van der Waals surface area contributed by atoms with Gasteiger partial charge in [0.15, 0.2) is 0 Å². The summed E-state index contributed by atoms with van der Waals surface area (Å²) in [5.74, 6) is -0.0255. The van der Waals surface area contributed by atoms with Gasteiger partial charge >= 0.3 is 4.87 Å². The summed E-state index contributed by atoms with van der Waals surface area (Å²) < 4.78 is 26.6. The van der Waals surface area contributed by atoms with Crippen molar-refractivity contribution in [1.82, 2.24) is 14.2 Å². The zero-order chi connectivity index (χ0) is 17.0. The van der Waals surface area contributed by atoms with Gasteiger partial charge in [-0.1, -0.05) is 11.3 Å². The molecule has 0 spiro atoms. The quantitative estimate of drug-likeness (QED) is 0.801. The van der Waals surface area contributed by atoms with Crippen LogP contribution in [-0.2, 0) is 21.4 Å². The lowest BCUT2D eigenvalue weighted by atomic mass is 10.0. The number of hydrogen-bond donors (Lipinski definition) is 1. The number of rotatable bonds is 6. The van der Waals surface area contributed by atoms with Crippen LogP contribution < -0.4 is 9.60 Å². The van der Waals surface area contributed by atoms with Crippen molar-refractivity contribution in [2.24, 2.45) is 0 Å². The second kappa shape index (κ2) is 7.59. The number of carbonyl (C=O) groups is 1. The first kappa shape index (κ1) is 18.2. The van der Waals surface area contributed by atoms with Crippen LogP contribution in [0.25, 0.3) is 0 Å². The second-order valence-electron chi connectivity index (χ2n) is 5.90. The van der Waals surface area contributed by atoms with E-state index >= 15 is 0 Å². The molecule has 1 N–H and O–H groups in total. The van der Waals surface area contributed by atoms with Crippen molar-refractivity contribution in [2.45, 2.75) is 45.2 Å².